The summed E-state index contributed by atoms with van der Waals surface area (Å²) in [6, 6.07) is 5.05. The molecule has 2 rings (SSSR count). The molecule has 4 nitrogen and oxygen atoms in total. The number of hydrogen-bond acceptors (Lipinski definition) is 4. The third kappa shape index (κ3) is 1.35. The Morgan fingerprint density at radius 1 is 1.36 bits per heavy atom. The van der Waals surface area contributed by atoms with Crippen molar-refractivity contribution in [3.63, 3.8) is 0 Å². The van der Waals surface area contributed by atoms with E-state index in [1.165, 1.54) is 7.11 Å². The molecule has 4 heteroatoms. The van der Waals surface area contributed by atoms with E-state index < -0.39 is 11.8 Å². The van der Waals surface area contributed by atoms with E-state index in [1.807, 2.05) is 0 Å². The molecule has 1 aliphatic rings. The highest BCUT2D eigenvalue weighted by molar-refractivity contribution is 6.35. The molecule has 0 fully saturated rings. The topological polar surface area (TPSA) is 52.6 Å². The van der Waals surface area contributed by atoms with Crippen LogP contribution in [0.2, 0.25) is 0 Å². The van der Waals surface area contributed by atoms with Crippen molar-refractivity contribution in [2.24, 2.45) is 0 Å². The minimum absolute atomic E-state index is 0.109. The Morgan fingerprint density at radius 2 is 2.14 bits per heavy atom. The number of carbonyl (C=O) groups excluding carboxylic acids is 2. The zero-order valence-corrected chi connectivity index (χ0v) is 7.57. The van der Waals surface area contributed by atoms with Gasteiger partial charge in [-0.3, -0.25) is 4.79 Å². The quantitative estimate of drug-likeness (QED) is 0.374. The monoisotopic (exact) mass is 192 g/mol. The van der Waals surface area contributed by atoms with Gasteiger partial charge >= 0.3 is 5.97 Å². The van der Waals surface area contributed by atoms with Crippen LogP contribution in [-0.4, -0.2) is 18.9 Å². The molecule has 0 aliphatic carbocycles. The average molecular weight is 192 g/mol. The van der Waals surface area contributed by atoms with Crippen molar-refractivity contribution in [3.05, 3.63) is 23.8 Å². The second-order valence-corrected chi connectivity index (χ2v) is 2.96. The van der Waals surface area contributed by atoms with Crippen LogP contribution in [0.4, 0.5) is 0 Å². The largest absolute Gasteiger partial charge is 0.497 e. The van der Waals surface area contributed by atoms with Crippen molar-refractivity contribution < 1.29 is 19.1 Å². The number of esters is 1. The van der Waals surface area contributed by atoms with Crippen LogP contribution >= 0.6 is 0 Å². The van der Waals surface area contributed by atoms with Gasteiger partial charge < -0.3 is 9.47 Å². The summed E-state index contributed by atoms with van der Waals surface area (Å²) in [7, 11) is 1.53. The van der Waals surface area contributed by atoms with E-state index in [4.69, 9.17) is 9.47 Å². The van der Waals surface area contributed by atoms with Crippen LogP contribution < -0.4 is 9.47 Å². The summed E-state index contributed by atoms with van der Waals surface area (Å²) >= 11 is 0. The number of fused-ring (bicyclic) bond motifs is 1. The van der Waals surface area contributed by atoms with Crippen molar-refractivity contribution in [3.8, 4) is 11.5 Å². The van der Waals surface area contributed by atoms with Crippen molar-refractivity contribution in [2.75, 3.05) is 7.11 Å². The van der Waals surface area contributed by atoms with Crippen LogP contribution in [0.25, 0.3) is 0 Å². The van der Waals surface area contributed by atoms with Gasteiger partial charge in [0.1, 0.15) is 11.5 Å². The zero-order chi connectivity index (χ0) is 10.1. The highest BCUT2D eigenvalue weighted by Crippen LogP contribution is 2.28. The van der Waals surface area contributed by atoms with Gasteiger partial charge in [0.15, 0.2) is 0 Å². The van der Waals surface area contributed by atoms with Crippen LogP contribution in [-0.2, 0) is 16.0 Å². The molecule has 1 aromatic carbocycles. The van der Waals surface area contributed by atoms with Gasteiger partial charge in [-0.15, -0.1) is 0 Å². The number of ketones is 1. The molecule has 1 heterocycles. The van der Waals surface area contributed by atoms with E-state index >= 15 is 0 Å². The fourth-order valence-electron chi connectivity index (χ4n) is 1.30. The van der Waals surface area contributed by atoms with E-state index in [0.717, 1.165) is 5.56 Å². The molecule has 0 radical (unpaired) electrons. The first-order chi connectivity index (χ1) is 6.70. The number of hydrogen-bond donors (Lipinski definition) is 0. The maximum absolute atomic E-state index is 11.0. The van der Waals surface area contributed by atoms with Gasteiger partial charge in [0.25, 0.3) is 0 Å². The summed E-state index contributed by atoms with van der Waals surface area (Å²) in [5.74, 6) is -0.298. The predicted molar refractivity (Wildman–Crippen MR) is 47.3 cm³/mol. The lowest BCUT2D eigenvalue weighted by molar-refractivity contribution is -0.147. The van der Waals surface area contributed by atoms with Crippen LogP contribution in [0.3, 0.4) is 0 Å². The third-order valence-corrected chi connectivity index (χ3v) is 2.06. The molecule has 1 aromatic rings. The first kappa shape index (κ1) is 8.74. The van der Waals surface area contributed by atoms with Gasteiger partial charge in [-0.1, -0.05) is 6.07 Å². The minimum atomic E-state index is -0.800. The molecule has 0 aromatic heterocycles. The molecule has 14 heavy (non-hydrogen) atoms. The molecule has 0 atom stereocenters. The number of ether oxygens (including phenoxy) is 2. The first-order valence-corrected chi connectivity index (χ1v) is 4.12. The number of rotatable bonds is 1. The fourth-order valence-corrected chi connectivity index (χ4v) is 1.30. The molecule has 0 N–H and O–H groups in total. The lowest BCUT2D eigenvalue weighted by Gasteiger charge is -2.14. The number of Topliss-reactive ketones (excluding diaryl/α,β-unsaturated/α-hetero) is 1. The first-order valence-electron chi connectivity index (χ1n) is 4.12. The van der Waals surface area contributed by atoms with Gasteiger partial charge in [-0.05, 0) is 6.07 Å². The Hall–Kier alpha value is -1.84. The summed E-state index contributed by atoms with van der Waals surface area (Å²) in [4.78, 5) is 21.9. The Bertz CT molecular complexity index is 409. The fraction of sp³-hybridized carbons (Fsp3) is 0.200. The van der Waals surface area contributed by atoms with E-state index in [1.54, 1.807) is 18.2 Å². The number of methoxy groups -OCH3 is 1. The van der Waals surface area contributed by atoms with Crippen molar-refractivity contribution in [1.82, 2.24) is 0 Å². The van der Waals surface area contributed by atoms with Gasteiger partial charge in [0.2, 0.25) is 5.78 Å². The SMILES string of the molecule is COc1ccc2c(c1)OC(=O)C(=O)C2. The van der Waals surface area contributed by atoms with Crippen LogP contribution in [0.1, 0.15) is 5.56 Å². The predicted octanol–water partition coefficient (Wildman–Crippen LogP) is 0.726. The Labute approximate surface area is 80.4 Å². The maximum Gasteiger partial charge on any atom is 0.380 e. The smallest absolute Gasteiger partial charge is 0.380 e. The van der Waals surface area contributed by atoms with Gasteiger partial charge in [-0.2, -0.15) is 0 Å². The van der Waals surface area contributed by atoms with Crippen LogP contribution in [0.15, 0.2) is 18.2 Å². The molecule has 0 bridgehead atoms. The third-order valence-electron chi connectivity index (χ3n) is 2.06. The summed E-state index contributed by atoms with van der Waals surface area (Å²) in [5.41, 5.74) is 0.718. The second kappa shape index (κ2) is 3.14. The standard InChI is InChI=1S/C10H8O4/c1-13-7-3-2-6-4-8(11)10(12)14-9(6)5-7/h2-3,5H,4H2,1H3. The minimum Gasteiger partial charge on any atom is -0.497 e. The summed E-state index contributed by atoms with van der Waals surface area (Å²) in [6.45, 7) is 0. The Kier molecular flexibility index (Phi) is 1.96. The molecule has 0 spiro atoms. The Morgan fingerprint density at radius 3 is 2.86 bits per heavy atom. The number of benzene rings is 1. The Balaban J connectivity index is 2.42. The van der Waals surface area contributed by atoms with Crippen molar-refractivity contribution in [1.29, 1.82) is 0 Å². The normalized spacial score (nSPS) is 14.6. The van der Waals surface area contributed by atoms with Gasteiger partial charge in [0, 0.05) is 18.1 Å². The summed E-state index contributed by atoms with van der Waals surface area (Å²) in [6.07, 6.45) is 0.109. The van der Waals surface area contributed by atoms with Crippen molar-refractivity contribution >= 4 is 11.8 Å². The van der Waals surface area contributed by atoms with Crippen molar-refractivity contribution in [2.45, 2.75) is 6.42 Å². The molecule has 0 saturated carbocycles. The van der Waals surface area contributed by atoms with Crippen LogP contribution in [0, 0.1) is 0 Å². The van der Waals surface area contributed by atoms with E-state index in [-0.39, 0.29) is 6.42 Å². The van der Waals surface area contributed by atoms with Gasteiger partial charge in [-0.25, -0.2) is 4.79 Å². The van der Waals surface area contributed by atoms with E-state index in [2.05, 4.69) is 0 Å². The molecular formula is C10H8O4. The van der Waals surface area contributed by atoms with E-state index in [0.29, 0.717) is 11.5 Å². The molecule has 0 saturated heterocycles. The second-order valence-electron chi connectivity index (χ2n) is 2.96. The molecule has 0 unspecified atom stereocenters. The average Bonchev–Trinajstić information content (AvgIpc) is 2.19. The lowest BCUT2D eigenvalue weighted by atomic mass is 10.1. The summed E-state index contributed by atoms with van der Waals surface area (Å²) < 4.78 is 9.78. The molecule has 72 valence electrons. The maximum atomic E-state index is 11.0. The molecule has 1 aliphatic heterocycles. The van der Waals surface area contributed by atoms with Crippen LogP contribution in [0.5, 0.6) is 11.5 Å². The lowest BCUT2D eigenvalue weighted by Crippen LogP contribution is -2.27. The highest BCUT2D eigenvalue weighted by atomic mass is 16.5. The summed E-state index contributed by atoms with van der Waals surface area (Å²) in [5, 5.41) is 0. The highest BCUT2D eigenvalue weighted by Gasteiger charge is 2.25. The zero-order valence-electron chi connectivity index (χ0n) is 7.57. The number of carbonyl (C=O) groups is 2. The van der Waals surface area contributed by atoms with E-state index in [9.17, 15) is 9.59 Å². The van der Waals surface area contributed by atoms with Gasteiger partial charge in [0.05, 0.1) is 7.11 Å². The molecule has 0 amide bonds. The molecular weight excluding hydrogens is 184 g/mol.